The van der Waals surface area contributed by atoms with Crippen LogP contribution in [0.5, 0.6) is 11.5 Å². The highest BCUT2D eigenvalue weighted by Gasteiger charge is 2.26. The van der Waals surface area contributed by atoms with Gasteiger partial charge in [0, 0.05) is 6.07 Å². The molecule has 0 fully saturated rings. The van der Waals surface area contributed by atoms with Gasteiger partial charge in [-0.15, -0.1) is 0 Å². The lowest BCUT2D eigenvalue weighted by Crippen LogP contribution is -2.20. The van der Waals surface area contributed by atoms with Crippen LogP contribution in [0.3, 0.4) is 0 Å². The number of carbonyl (C=O) groups is 2. The first-order chi connectivity index (χ1) is 12.3. The van der Waals surface area contributed by atoms with E-state index in [0.717, 1.165) is 6.07 Å². The molecule has 1 aromatic carbocycles. The summed E-state index contributed by atoms with van der Waals surface area (Å²) in [4.78, 5) is 34.4. The molecule has 2 rings (SSSR count). The molecule has 0 radical (unpaired) electrons. The molecule has 8 heteroatoms. The van der Waals surface area contributed by atoms with Gasteiger partial charge in [-0.05, 0) is 24.6 Å². The van der Waals surface area contributed by atoms with E-state index in [2.05, 4.69) is 0 Å². The zero-order valence-corrected chi connectivity index (χ0v) is 14.4. The van der Waals surface area contributed by atoms with E-state index in [1.807, 2.05) is 0 Å². The van der Waals surface area contributed by atoms with Crippen LogP contribution < -0.4 is 15.9 Å². The summed E-state index contributed by atoms with van der Waals surface area (Å²) < 4.78 is 15.4. The fourth-order valence-electron chi connectivity index (χ4n) is 2.42. The molecule has 0 saturated carbocycles. The smallest absolute Gasteiger partial charge is 0.306 e. The lowest BCUT2D eigenvalue weighted by molar-refractivity contribution is -0.141. The SMILES string of the molecule is COC(=O)C[C@@H](c1ccc(OCC(N)=O)cc1)c1oc(C)cc(=O)c1O. The number of primary amides is 1. The molecule has 0 saturated heterocycles. The van der Waals surface area contributed by atoms with Crippen LogP contribution in [0.2, 0.25) is 0 Å². The number of benzene rings is 1. The summed E-state index contributed by atoms with van der Waals surface area (Å²) in [5, 5.41) is 10.1. The van der Waals surface area contributed by atoms with E-state index in [1.165, 1.54) is 7.11 Å². The van der Waals surface area contributed by atoms with Crippen LogP contribution in [-0.4, -0.2) is 30.7 Å². The number of nitrogens with two attached hydrogens (primary N) is 1. The van der Waals surface area contributed by atoms with Gasteiger partial charge in [0.05, 0.1) is 19.4 Å². The van der Waals surface area contributed by atoms with Gasteiger partial charge in [0.15, 0.2) is 12.4 Å². The van der Waals surface area contributed by atoms with E-state index < -0.39 is 29.0 Å². The van der Waals surface area contributed by atoms with Crippen LogP contribution >= 0.6 is 0 Å². The van der Waals surface area contributed by atoms with Gasteiger partial charge in [-0.25, -0.2) is 0 Å². The maximum atomic E-state index is 11.9. The molecule has 1 amide bonds. The highest BCUT2D eigenvalue weighted by molar-refractivity contribution is 5.75. The number of hydrogen-bond donors (Lipinski definition) is 2. The van der Waals surface area contributed by atoms with Gasteiger partial charge in [0.1, 0.15) is 11.5 Å². The number of ether oxygens (including phenoxy) is 2. The van der Waals surface area contributed by atoms with E-state index in [1.54, 1.807) is 31.2 Å². The largest absolute Gasteiger partial charge is 0.502 e. The molecule has 0 aliphatic rings. The average molecular weight is 361 g/mol. The van der Waals surface area contributed by atoms with Crippen LogP contribution in [0.25, 0.3) is 0 Å². The standard InChI is InChI=1S/C18H19NO7/c1-10-7-14(20)17(23)18(26-10)13(8-16(22)24-2)11-3-5-12(6-4-11)25-9-15(19)21/h3-7,13,23H,8-9H2,1-2H3,(H2,19,21)/t13-/m0/s1. The van der Waals surface area contributed by atoms with Gasteiger partial charge in [-0.1, -0.05) is 12.1 Å². The number of aryl methyl sites for hydroxylation is 1. The third kappa shape index (κ3) is 4.62. The molecular formula is C18H19NO7. The number of esters is 1. The Hall–Kier alpha value is -3.29. The topological polar surface area (TPSA) is 129 Å². The van der Waals surface area contributed by atoms with Crippen LogP contribution in [-0.2, 0) is 14.3 Å². The van der Waals surface area contributed by atoms with Crippen molar-refractivity contribution in [2.75, 3.05) is 13.7 Å². The minimum absolute atomic E-state index is 0.0220. The molecule has 0 bridgehead atoms. The summed E-state index contributed by atoms with van der Waals surface area (Å²) in [6, 6.07) is 7.58. The Bertz CT molecular complexity index is 855. The van der Waals surface area contributed by atoms with Gasteiger partial charge in [0.2, 0.25) is 11.2 Å². The molecule has 0 aliphatic carbocycles. The van der Waals surface area contributed by atoms with Crippen molar-refractivity contribution >= 4 is 11.9 Å². The summed E-state index contributed by atoms with van der Waals surface area (Å²) >= 11 is 0. The van der Waals surface area contributed by atoms with Crippen LogP contribution in [0.4, 0.5) is 0 Å². The highest BCUT2D eigenvalue weighted by Crippen LogP contribution is 2.34. The van der Waals surface area contributed by atoms with Crippen molar-refractivity contribution in [3.8, 4) is 11.5 Å². The van der Waals surface area contributed by atoms with Crippen molar-refractivity contribution in [2.24, 2.45) is 5.73 Å². The fraction of sp³-hybridized carbons (Fsp3) is 0.278. The van der Waals surface area contributed by atoms with Crippen LogP contribution in [0.1, 0.15) is 29.4 Å². The fourth-order valence-corrected chi connectivity index (χ4v) is 2.42. The zero-order valence-electron chi connectivity index (χ0n) is 14.4. The Balaban J connectivity index is 2.41. The molecule has 0 aliphatic heterocycles. The second-order valence-corrected chi connectivity index (χ2v) is 5.59. The maximum Gasteiger partial charge on any atom is 0.306 e. The molecule has 1 aromatic heterocycles. The molecule has 138 valence electrons. The molecule has 1 atom stereocenters. The van der Waals surface area contributed by atoms with E-state index in [-0.39, 0.29) is 18.8 Å². The Kier molecular flexibility index (Phi) is 6.00. The zero-order chi connectivity index (χ0) is 19.3. The van der Waals surface area contributed by atoms with Crippen molar-refractivity contribution in [1.29, 1.82) is 0 Å². The second-order valence-electron chi connectivity index (χ2n) is 5.59. The summed E-state index contributed by atoms with van der Waals surface area (Å²) in [6.07, 6.45) is -0.141. The Labute approximate surface area is 149 Å². The number of amides is 1. The van der Waals surface area contributed by atoms with Gasteiger partial charge < -0.3 is 24.7 Å². The van der Waals surface area contributed by atoms with Gasteiger partial charge >= 0.3 is 5.97 Å². The first-order valence-corrected chi connectivity index (χ1v) is 7.73. The molecule has 0 spiro atoms. The van der Waals surface area contributed by atoms with Crippen molar-refractivity contribution in [3.05, 3.63) is 57.6 Å². The van der Waals surface area contributed by atoms with Crippen molar-refractivity contribution in [3.63, 3.8) is 0 Å². The number of carbonyl (C=O) groups excluding carboxylic acids is 2. The van der Waals surface area contributed by atoms with E-state index >= 15 is 0 Å². The van der Waals surface area contributed by atoms with Crippen molar-refractivity contribution in [2.45, 2.75) is 19.3 Å². The molecule has 26 heavy (non-hydrogen) atoms. The summed E-state index contributed by atoms with van der Waals surface area (Å²) in [7, 11) is 1.24. The van der Waals surface area contributed by atoms with E-state index in [4.69, 9.17) is 19.6 Å². The average Bonchev–Trinajstić information content (AvgIpc) is 2.61. The Morgan fingerprint density at radius 1 is 1.27 bits per heavy atom. The minimum Gasteiger partial charge on any atom is -0.502 e. The predicted molar refractivity (Wildman–Crippen MR) is 91.0 cm³/mol. The number of hydrogen-bond acceptors (Lipinski definition) is 7. The monoisotopic (exact) mass is 361 g/mol. The maximum absolute atomic E-state index is 11.9. The van der Waals surface area contributed by atoms with Gasteiger partial charge in [-0.2, -0.15) is 0 Å². The third-order valence-electron chi connectivity index (χ3n) is 3.65. The highest BCUT2D eigenvalue weighted by atomic mass is 16.5. The summed E-state index contributed by atoms with van der Waals surface area (Å²) in [5.74, 6) is -1.75. The first-order valence-electron chi connectivity index (χ1n) is 7.73. The summed E-state index contributed by atoms with van der Waals surface area (Å²) in [6.45, 7) is 1.30. The van der Waals surface area contributed by atoms with Gasteiger partial charge in [-0.3, -0.25) is 14.4 Å². The molecule has 3 N–H and O–H groups in total. The number of aromatic hydroxyl groups is 1. The van der Waals surface area contributed by atoms with E-state index in [0.29, 0.717) is 17.1 Å². The number of rotatable bonds is 7. The minimum atomic E-state index is -0.736. The summed E-state index contributed by atoms with van der Waals surface area (Å²) in [5.41, 5.74) is 5.02. The van der Waals surface area contributed by atoms with Crippen molar-refractivity contribution in [1.82, 2.24) is 0 Å². The van der Waals surface area contributed by atoms with Crippen LogP contribution in [0.15, 0.2) is 39.5 Å². The molecule has 2 aromatic rings. The quantitative estimate of drug-likeness (QED) is 0.709. The van der Waals surface area contributed by atoms with Crippen molar-refractivity contribution < 1.29 is 28.6 Å². The number of methoxy groups -OCH3 is 1. The Morgan fingerprint density at radius 3 is 2.50 bits per heavy atom. The molecule has 8 nitrogen and oxygen atoms in total. The molecule has 1 heterocycles. The lowest BCUT2D eigenvalue weighted by Gasteiger charge is -2.17. The molecular weight excluding hydrogens is 342 g/mol. The third-order valence-corrected chi connectivity index (χ3v) is 3.65. The van der Waals surface area contributed by atoms with E-state index in [9.17, 15) is 19.5 Å². The van der Waals surface area contributed by atoms with Crippen LogP contribution in [0, 0.1) is 6.92 Å². The normalized spacial score (nSPS) is 11.6. The predicted octanol–water partition coefficient (Wildman–Crippen LogP) is 1.21. The lowest BCUT2D eigenvalue weighted by atomic mass is 9.92. The Morgan fingerprint density at radius 2 is 1.92 bits per heavy atom. The second kappa shape index (κ2) is 8.19. The molecule has 0 unspecified atom stereocenters. The van der Waals surface area contributed by atoms with Gasteiger partial charge in [0.25, 0.3) is 5.91 Å². The first kappa shape index (κ1) is 19.0.